The number of amidine groups is 1. The zero-order valence-corrected chi connectivity index (χ0v) is 4.15. The first-order chi connectivity index (χ1) is 2.73. The summed E-state index contributed by atoms with van der Waals surface area (Å²) in [6, 6.07) is 0. The summed E-state index contributed by atoms with van der Waals surface area (Å²) in [4.78, 5) is 0. The normalized spacial score (nSPS) is 5.17. The van der Waals surface area contributed by atoms with Crippen molar-refractivity contribution in [3.63, 3.8) is 0 Å². The van der Waals surface area contributed by atoms with Gasteiger partial charge < -0.3 is 11.5 Å². The molecule has 0 aliphatic carbocycles. The molecule has 0 amide bonds. The topological polar surface area (TPSA) is 75.9 Å². The van der Waals surface area contributed by atoms with Gasteiger partial charge in [0, 0.05) is 0 Å². The van der Waals surface area contributed by atoms with E-state index in [2.05, 4.69) is 5.73 Å². The monoisotopic (exact) mass is 89.1 g/mol. The maximum Gasteiger partial charge on any atom is 0.0873 e. The largest absolute Gasteiger partial charge is 0.388 e. The summed E-state index contributed by atoms with van der Waals surface area (Å²) in [5.74, 6) is 0.167. The minimum atomic E-state index is 0.167. The second kappa shape index (κ2) is 8.83. The van der Waals surface area contributed by atoms with E-state index in [9.17, 15) is 0 Å². The first-order valence-electron chi connectivity index (χ1n) is 1.62. The third kappa shape index (κ3) is 62.3. The summed E-state index contributed by atoms with van der Waals surface area (Å²) >= 11 is 0. The van der Waals surface area contributed by atoms with Crippen molar-refractivity contribution in [3.8, 4) is 0 Å². The van der Waals surface area contributed by atoms with E-state index in [0.29, 0.717) is 0 Å². The molecule has 0 heterocycles. The predicted molar refractivity (Wildman–Crippen MR) is 27.7 cm³/mol. The number of hydrogen-bond donors (Lipinski definition) is 3. The van der Waals surface area contributed by atoms with Gasteiger partial charge in [0.05, 0.1) is 5.84 Å². The molecule has 0 aromatic rings. The highest BCUT2D eigenvalue weighted by atomic mass is 14.7. The third-order valence-electron chi connectivity index (χ3n) is 0. The molecule has 0 atom stereocenters. The van der Waals surface area contributed by atoms with Crippen molar-refractivity contribution in [1.29, 1.82) is 5.41 Å². The summed E-state index contributed by atoms with van der Waals surface area (Å²) in [5, 5.41) is 6.28. The lowest BCUT2D eigenvalue weighted by atomic mass is 10.8. The van der Waals surface area contributed by atoms with E-state index in [-0.39, 0.29) is 5.84 Å². The van der Waals surface area contributed by atoms with Crippen molar-refractivity contribution in [2.45, 2.75) is 6.92 Å². The van der Waals surface area contributed by atoms with Crippen molar-refractivity contribution < 1.29 is 0 Å². The van der Waals surface area contributed by atoms with E-state index in [1.54, 1.807) is 0 Å². The second-order valence-electron chi connectivity index (χ2n) is 0.683. The number of hydrogen-bond acceptors (Lipinski definition) is 2. The number of rotatable bonds is 0. The van der Waals surface area contributed by atoms with Crippen LogP contribution in [0.15, 0.2) is 0 Å². The molecule has 0 aromatic heterocycles. The molecule has 38 valence electrons. The molecule has 0 radical (unpaired) electrons. The molecule has 0 saturated carbocycles. The Morgan fingerprint density at radius 2 is 1.50 bits per heavy atom. The van der Waals surface area contributed by atoms with Crippen LogP contribution >= 0.6 is 0 Å². The average Bonchev–Trinajstić information content (AvgIpc) is 1.41. The summed E-state index contributed by atoms with van der Waals surface area (Å²) < 4.78 is 0. The van der Waals surface area contributed by atoms with Gasteiger partial charge in [-0.2, -0.15) is 0 Å². The maximum atomic E-state index is 6.28. The fourth-order valence-electron chi connectivity index (χ4n) is 0. The van der Waals surface area contributed by atoms with Crippen molar-refractivity contribution in [3.05, 3.63) is 0 Å². The lowest BCUT2D eigenvalue weighted by Crippen LogP contribution is -2.00. The number of nitrogens with one attached hydrogen (secondary N) is 1. The SMILES string of the molecule is CC(=N)N.CN. The van der Waals surface area contributed by atoms with E-state index < -0.39 is 0 Å². The van der Waals surface area contributed by atoms with Crippen LogP contribution in [0.3, 0.4) is 0 Å². The Morgan fingerprint density at radius 1 is 1.50 bits per heavy atom. The first kappa shape index (κ1) is 9.06. The molecule has 5 N–H and O–H groups in total. The van der Waals surface area contributed by atoms with Crippen molar-refractivity contribution in [1.82, 2.24) is 0 Å². The molecule has 0 saturated heterocycles. The standard InChI is InChI=1S/C2H6N2.CH5N/c1-2(3)4;1-2/h1H3,(H3,3,4);2H2,1H3. The fourth-order valence-corrected chi connectivity index (χ4v) is 0. The highest BCUT2D eigenvalue weighted by Gasteiger charge is 1.53. The lowest BCUT2D eigenvalue weighted by Gasteiger charge is -1.66. The van der Waals surface area contributed by atoms with Gasteiger partial charge in [0.25, 0.3) is 0 Å². The van der Waals surface area contributed by atoms with Gasteiger partial charge >= 0.3 is 0 Å². The van der Waals surface area contributed by atoms with Crippen molar-refractivity contribution >= 4 is 5.84 Å². The second-order valence-corrected chi connectivity index (χ2v) is 0.683. The highest BCUT2D eigenvalue weighted by molar-refractivity contribution is 5.73. The fraction of sp³-hybridized carbons (Fsp3) is 0.667. The molecular weight excluding hydrogens is 78.1 g/mol. The summed E-state index contributed by atoms with van der Waals surface area (Å²) in [7, 11) is 1.50. The predicted octanol–water partition coefficient (Wildman–Crippen LogP) is -0.483. The van der Waals surface area contributed by atoms with Gasteiger partial charge in [-0.25, -0.2) is 0 Å². The Morgan fingerprint density at radius 3 is 1.50 bits per heavy atom. The summed E-state index contributed by atoms with van der Waals surface area (Å²) in [6.45, 7) is 1.53. The van der Waals surface area contributed by atoms with Gasteiger partial charge in [-0.15, -0.1) is 0 Å². The molecule has 3 heteroatoms. The molecule has 0 aliphatic rings. The van der Waals surface area contributed by atoms with Gasteiger partial charge in [-0.3, -0.25) is 5.41 Å². The molecule has 0 unspecified atom stereocenters. The first-order valence-corrected chi connectivity index (χ1v) is 1.62. The van der Waals surface area contributed by atoms with E-state index in [4.69, 9.17) is 11.1 Å². The molecule has 0 fully saturated rings. The van der Waals surface area contributed by atoms with E-state index in [1.165, 1.54) is 14.0 Å². The minimum Gasteiger partial charge on any atom is -0.388 e. The van der Waals surface area contributed by atoms with Gasteiger partial charge in [0.15, 0.2) is 0 Å². The summed E-state index contributed by atoms with van der Waals surface area (Å²) in [6.07, 6.45) is 0. The van der Waals surface area contributed by atoms with E-state index >= 15 is 0 Å². The minimum absolute atomic E-state index is 0.167. The van der Waals surface area contributed by atoms with Crippen LogP contribution in [0.5, 0.6) is 0 Å². The molecule has 0 spiro atoms. The highest BCUT2D eigenvalue weighted by Crippen LogP contribution is 1.36. The van der Waals surface area contributed by atoms with Gasteiger partial charge in [-0.05, 0) is 14.0 Å². The Balaban J connectivity index is 0. The molecule has 0 aromatic carbocycles. The lowest BCUT2D eigenvalue weighted by molar-refractivity contribution is 1.42. The molecule has 0 bridgehead atoms. The van der Waals surface area contributed by atoms with Gasteiger partial charge in [0.1, 0.15) is 0 Å². The molecule has 3 nitrogen and oxygen atoms in total. The number of nitrogens with two attached hydrogens (primary N) is 2. The van der Waals surface area contributed by atoms with Crippen LogP contribution in [0.25, 0.3) is 0 Å². The Bertz CT molecular complexity index is 29.0. The van der Waals surface area contributed by atoms with Crippen LogP contribution in [0.4, 0.5) is 0 Å². The molecule has 0 aliphatic heterocycles. The molecule has 0 rings (SSSR count). The Labute approximate surface area is 37.8 Å². The zero-order chi connectivity index (χ0) is 5.58. The van der Waals surface area contributed by atoms with Crippen LogP contribution in [0.1, 0.15) is 6.92 Å². The van der Waals surface area contributed by atoms with Crippen LogP contribution in [0, 0.1) is 5.41 Å². The average molecular weight is 89.1 g/mol. The van der Waals surface area contributed by atoms with Crippen LogP contribution < -0.4 is 11.5 Å². The van der Waals surface area contributed by atoms with Crippen LogP contribution in [-0.4, -0.2) is 12.9 Å². The van der Waals surface area contributed by atoms with Crippen LogP contribution in [-0.2, 0) is 0 Å². The smallest absolute Gasteiger partial charge is 0.0873 e. The van der Waals surface area contributed by atoms with Crippen molar-refractivity contribution in [2.24, 2.45) is 11.5 Å². The molecular formula is C3H11N3. The quantitative estimate of drug-likeness (QED) is 0.277. The zero-order valence-electron chi connectivity index (χ0n) is 4.15. The van der Waals surface area contributed by atoms with E-state index in [0.717, 1.165) is 0 Å². The third-order valence-corrected chi connectivity index (χ3v) is 0. The van der Waals surface area contributed by atoms with Gasteiger partial charge in [0.2, 0.25) is 0 Å². The van der Waals surface area contributed by atoms with Gasteiger partial charge in [-0.1, -0.05) is 0 Å². The Hall–Kier alpha value is -0.570. The van der Waals surface area contributed by atoms with Crippen LogP contribution in [0.2, 0.25) is 0 Å². The van der Waals surface area contributed by atoms with Crippen molar-refractivity contribution in [2.75, 3.05) is 7.05 Å². The molecule has 6 heavy (non-hydrogen) atoms. The maximum absolute atomic E-state index is 6.28. The summed E-state index contributed by atoms with van der Waals surface area (Å²) in [5.41, 5.74) is 9.19. The Kier molecular flexibility index (Phi) is 13.3. The van der Waals surface area contributed by atoms with E-state index in [1.807, 2.05) is 0 Å².